The summed E-state index contributed by atoms with van der Waals surface area (Å²) in [6, 6.07) is 41.0. The van der Waals surface area contributed by atoms with Crippen molar-refractivity contribution in [1.29, 1.82) is 5.26 Å². The Morgan fingerprint density at radius 3 is 1.74 bits per heavy atom. The molecule has 0 aliphatic heterocycles. The van der Waals surface area contributed by atoms with Gasteiger partial charge in [-0.1, -0.05) is 109 Å². The summed E-state index contributed by atoms with van der Waals surface area (Å²) in [5, 5.41) is 13.0. The van der Waals surface area contributed by atoms with Crippen molar-refractivity contribution in [3.05, 3.63) is 150 Å². The monoisotopic (exact) mass is 443 g/mol. The highest BCUT2D eigenvalue weighted by molar-refractivity contribution is 5.98. The van der Waals surface area contributed by atoms with Gasteiger partial charge in [0.1, 0.15) is 11.6 Å². The molecule has 4 nitrogen and oxygen atoms in total. The van der Waals surface area contributed by atoms with Crippen LogP contribution in [-0.4, -0.2) is 5.91 Å². The smallest absolute Gasteiger partial charge is 0.264 e. The largest absolute Gasteiger partial charge is 0.342 e. The zero-order valence-corrected chi connectivity index (χ0v) is 18.7. The van der Waals surface area contributed by atoms with E-state index >= 15 is 0 Å². The van der Waals surface area contributed by atoms with Crippen LogP contribution in [0.4, 0.5) is 5.69 Å². The van der Waals surface area contributed by atoms with E-state index in [4.69, 9.17) is 0 Å². The second-order valence-electron chi connectivity index (χ2n) is 7.83. The lowest BCUT2D eigenvalue weighted by atomic mass is 9.98. The van der Waals surface area contributed by atoms with Crippen LogP contribution in [0.2, 0.25) is 0 Å². The summed E-state index contributed by atoms with van der Waals surface area (Å²) in [6.07, 6.45) is 1.63. The summed E-state index contributed by atoms with van der Waals surface area (Å²) in [5.41, 5.74) is 3.91. The van der Waals surface area contributed by atoms with E-state index in [9.17, 15) is 10.1 Å². The number of nitriles is 1. The predicted octanol–water partition coefficient (Wildman–Crippen LogP) is 6.01. The first-order valence-corrected chi connectivity index (χ1v) is 11.1. The number of hydrogen-bond donors (Lipinski definition) is 1. The summed E-state index contributed by atoms with van der Waals surface area (Å²) in [4.78, 5) is 15.2. The molecule has 0 spiro atoms. The van der Waals surface area contributed by atoms with E-state index in [2.05, 4.69) is 11.4 Å². The van der Waals surface area contributed by atoms with E-state index in [0.717, 1.165) is 22.4 Å². The number of carbonyl (C=O) groups excluding carboxylic acids is 1. The van der Waals surface area contributed by atoms with Crippen LogP contribution in [0.5, 0.6) is 0 Å². The molecule has 0 radical (unpaired) electrons. The highest BCUT2D eigenvalue weighted by atomic mass is 16.1. The molecule has 0 saturated heterocycles. The number of hydrogen-bond acceptors (Lipinski definition) is 3. The Morgan fingerprint density at radius 2 is 1.24 bits per heavy atom. The van der Waals surface area contributed by atoms with Gasteiger partial charge in [0.2, 0.25) is 0 Å². The molecular formula is C30H25N3O. The maximum Gasteiger partial charge on any atom is 0.264 e. The average molecular weight is 444 g/mol. The second-order valence-corrected chi connectivity index (χ2v) is 7.83. The summed E-state index contributed by atoms with van der Waals surface area (Å²) in [7, 11) is 0. The van der Waals surface area contributed by atoms with Gasteiger partial charge in [-0.2, -0.15) is 5.26 Å². The number of nitrogens with one attached hydrogen (secondary N) is 1. The second kappa shape index (κ2) is 11.3. The molecule has 0 aromatic heterocycles. The van der Waals surface area contributed by atoms with Crippen LogP contribution in [0, 0.1) is 11.3 Å². The molecular weight excluding hydrogens is 418 g/mol. The molecule has 0 atom stereocenters. The van der Waals surface area contributed by atoms with Gasteiger partial charge >= 0.3 is 0 Å². The SMILES string of the molecule is N#C/C(=C/N(Cc1ccccc1)c1ccccc1)C(=O)NC(c1ccccc1)c1ccccc1. The third kappa shape index (κ3) is 5.79. The zero-order valence-electron chi connectivity index (χ0n) is 18.7. The highest BCUT2D eigenvalue weighted by Gasteiger charge is 2.20. The molecule has 0 heterocycles. The van der Waals surface area contributed by atoms with Crippen molar-refractivity contribution >= 4 is 11.6 Å². The maximum absolute atomic E-state index is 13.3. The third-order valence-corrected chi connectivity index (χ3v) is 5.47. The Hall–Kier alpha value is -4.62. The average Bonchev–Trinajstić information content (AvgIpc) is 2.91. The highest BCUT2D eigenvalue weighted by Crippen LogP contribution is 2.23. The Balaban J connectivity index is 1.65. The van der Waals surface area contributed by atoms with E-state index < -0.39 is 5.91 Å². The number of anilines is 1. The Bertz CT molecular complexity index is 1220. The molecule has 4 heteroatoms. The van der Waals surface area contributed by atoms with Crippen LogP contribution in [0.1, 0.15) is 22.7 Å². The first-order chi connectivity index (χ1) is 16.7. The van der Waals surface area contributed by atoms with Crippen molar-refractivity contribution in [3.8, 4) is 6.07 Å². The molecule has 166 valence electrons. The van der Waals surface area contributed by atoms with Gasteiger partial charge in [0, 0.05) is 18.4 Å². The number of benzene rings is 4. The van der Waals surface area contributed by atoms with Gasteiger partial charge in [-0.3, -0.25) is 4.79 Å². The summed E-state index contributed by atoms with van der Waals surface area (Å²) in [5.74, 6) is -0.422. The Labute approximate surface area is 200 Å². The van der Waals surface area contributed by atoms with E-state index in [-0.39, 0.29) is 11.6 Å². The lowest BCUT2D eigenvalue weighted by Crippen LogP contribution is -2.31. The van der Waals surface area contributed by atoms with Gasteiger partial charge in [-0.05, 0) is 28.8 Å². The third-order valence-electron chi connectivity index (χ3n) is 5.47. The molecule has 0 fully saturated rings. The fourth-order valence-corrected chi connectivity index (χ4v) is 3.76. The van der Waals surface area contributed by atoms with Crippen LogP contribution in [-0.2, 0) is 11.3 Å². The molecule has 0 saturated carbocycles. The Kier molecular flexibility index (Phi) is 7.50. The number of amides is 1. The maximum atomic E-state index is 13.3. The fourth-order valence-electron chi connectivity index (χ4n) is 3.76. The first-order valence-electron chi connectivity index (χ1n) is 11.1. The molecule has 0 aliphatic carbocycles. The molecule has 34 heavy (non-hydrogen) atoms. The molecule has 1 amide bonds. The minimum atomic E-state index is -0.422. The standard InChI is InChI=1S/C30H25N3O/c31-21-27(23-33(28-19-11-4-12-20-28)22-24-13-5-1-6-14-24)30(34)32-29(25-15-7-2-8-16-25)26-17-9-3-10-18-26/h1-20,23,29H,22H2,(H,32,34)/b27-23-. The lowest BCUT2D eigenvalue weighted by Gasteiger charge is -2.23. The van der Waals surface area contributed by atoms with Crippen LogP contribution in [0.3, 0.4) is 0 Å². The predicted molar refractivity (Wildman–Crippen MR) is 136 cm³/mol. The normalized spacial score (nSPS) is 11.0. The van der Waals surface area contributed by atoms with Gasteiger partial charge in [0.25, 0.3) is 5.91 Å². The van der Waals surface area contributed by atoms with E-state index in [1.54, 1.807) is 6.20 Å². The molecule has 4 aromatic carbocycles. The first kappa shape index (κ1) is 22.6. The lowest BCUT2D eigenvalue weighted by molar-refractivity contribution is -0.117. The van der Waals surface area contributed by atoms with Crippen LogP contribution in [0.25, 0.3) is 0 Å². The van der Waals surface area contributed by atoms with Crippen molar-refractivity contribution in [2.75, 3.05) is 4.90 Å². The topological polar surface area (TPSA) is 56.1 Å². The van der Waals surface area contributed by atoms with E-state index in [1.807, 2.05) is 126 Å². The van der Waals surface area contributed by atoms with Crippen LogP contribution in [0.15, 0.2) is 133 Å². The van der Waals surface area contributed by atoms with Crippen molar-refractivity contribution in [1.82, 2.24) is 5.32 Å². The van der Waals surface area contributed by atoms with Crippen LogP contribution < -0.4 is 10.2 Å². The van der Waals surface area contributed by atoms with Crippen molar-refractivity contribution in [2.45, 2.75) is 12.6 Å². The molecule has 0 aliphatic rings. The summed E-state index contributed by atoms with van der Waals surface area (Å²) < 4.78 is 0. The number of para-hydroxylation sites is 1. The molecule has 0 bridgehead atoms. The quantitative estimate of drug-likeness (QED) is 0.268. The van der Waals surface area contributed by atoms with Gasteiger partial charge in [0.05, 0.1) is 6.04 Å². The molecule has 4 aromatic rings. The van der Waals surface area contributed by atoms with Gasteiger partial charge in [-0.25, -0.2) is 0 Å². The number of rotatable bonds is 8. The minimum absolute atomic E-state index is 0.0386. The Morgan fingerprint density at radius 1 is 0.765 bits per heavy atom. The zero-order chi connectivity index (χ0) is 23.6. The van der Waals surface area contributed by atoms with Gasteiger partial charge in [0.15, 0.2) is 0 Å². The van der Waals surface area contributed by atoms with E-state index in [0.29, 0.717) is 6.54 Å². The summed E-state index contributed by atoms with van der Waals surface area (Å²) >= 11 is 0. The van der Waals surface area contributed by atoms with Crippen molar-refractivity contribution in [3.63, 3.8) is 0 Å². The van der Waals surface area contributed by atoms with Crippen molar-refractivity contribution in [2.24, 2.45) is 0 Å². The summed E-state index contributed by atoms with van der Waals surface area (Å²) in [6.45, 7) is 0.532. The van der Waals surface area contributed by atoms with Crippen molar-refractivity contribution < 1.29 is 4.79 Å². The van der Waals surface area contributed by atoms with Gasteiger partial charge in [-0.15, -0.1) is 0 Å². The van der Waals surface area contributed by atoms with Gasteiger partial charge < -0.3 is 10.2 Å². The molecule has 4 rings (SSSR count). The van der Waals surface area contributed by atoms with E-state index in [1.165, 1.54) is 0 Å². The molecule has 0 unspecified atom stereocenters. The fraction of sp³-hybridized carbons (Fsp3) is 0.0667. The number of carbonyl (C=O) groups is 1. The minimum Gasteiger partial charge on any atom is -0.342 e. The van der Waals surface area contributed by atoms with Crippen LogP contribution >= 0.6 is 0 Å². The molecule has 1 N–H and O–H groups in total. The number of nitrogens with zero attached hydrogens (tertiary/aromatic N) is 2.